The summed E-state index contributed by atoms with van der Waals surface area (Å²) in [6.45, 7) is 4.35. The molecule has 2 aromatic carbocycles. The Morgan fingerprint density at radius 2 is 1.97 bits per heavy atom. The third kappa shape index (κ3) is 4.94. The van der Waals surface area contributed by atoms with Gasteiger partial charge in [-0.25, -0.2) is 4.68 Å². The number of nitrogens with one attached hydrogen (secondary N) is 1. The number of carbonyl (C=O) groups excluding carboxylic acids is 1. The Balaban J connectivity index is 1.53. The number of halogens is 1. The smallest absolute Gasteiger partial charge is 0.251 e. The summed E-state index contributed by atoms with van der Waals surface area (Å²) in [5.41, 5.74) is 6.63. The molecule has 0 radical (unpaired) electrons. The van der Waals surface area contributed by atoms with Crippen molar-refractivity contribution in [1.82, 2.24) is 20.1 Å². The van der Waals surface area contributed by atoms with Crippen LogP contribution in [0.4, 0.5) is 0 Å². The molecule has 7 heteroatoms. The predicted molar refractivity (Wildman–Crippen MR) is 127 cm³/mol. The van der Waals surface area contributed by atoms with Crippen molar-refractivity contribution < 1.29 is 4.79 Å². The Morgan fingerprint density at radius 3 is 2.70 bits per heavy atom. The molecule has 1 amide bonds. The summed E-state index contributed by atoms with van der Waals surface area (Å²) >= 11 is 6.21. The Morgan fingerprint density at radius 1 is 1.12 bits per heavy atom. The van der Waals surface area contributed by atoms with Crippen molar-refractivity contribution in [1.29, 1.82) is 5.26 Å². The Labute approximate surface area is 197 Å². The minimum Gasteiger partial charge on any atom is -0.346 e. The van der Waals surface area contributed by atoms with E-state index in [4.69, 9.17) is 16.9 Å². The van der Waals surface area contributed by atoms with E-state index in [0.717, 1.165) is 33.9 Å². The molecule has 0 aliphatic carbocycles. The van der Waals surface area contributed by atoms with Crippen molar-refractivity contribution >= 4 is 17.5 Å². The third-order valence-corrected chi connectivity index (χ3v) is 5.80. The summed E-state index contributed by atoms with van der Waals surface area (Å²) in [4.78, 5) is 16.9. The molecule has 0 saturated heterocycles. The normalized spacial score (nSPS) is 10.6. The van der Waals surface area contributed by atoms with E-state index < -0.39 is 0 Å². The zero-order chi connectivity index (χ0) is 23.4. The van der Waals surface area contributed by atoms with Gasteiger partial charge in [0.1, 0.15) is 6.07 Å². The quantitative estimate of drug-likeness (QED) is 0.446. The second-order valence-electron chi connectivity index (χ2n) is 7.72. The monoisotopic (exact) mass is 455 g/mol. The van der Waals surface area contributed by atoms with Crippen LogP contribution < -0.4 is 5.32 Å². The Bertz CT molecular complexity index is 1360. The summed E-state index contributed by atoms with van der Waals surface area (Å²) in [5.74, 6) is -0.140. The minimum atomic E-state index is -0.140. The number of hydrogen-bond acceptors (Lipinski definition) is 4. The number of carbonyl (C=O) groups is 1. The lowest BCUT2D eigenvalue weighted by Gasteiger charge is -2.09. The van der Waals surface area contributed by atoms with Gasteiger partial charge in [0.05, 0.1) is 34.2 Å². The zero-order valence-corrected chi connectivity index (χ0v) is 19.1. The molecular weight excluding hydrogens is 434 g/mol. The molecule has 0 aliphatic heterocycles. The fourth-order valence-corrected chi connectivity index (χ4v) is 3.93. The number of benzene rings is 2. The van der Waals surface area contributed by atoms with Gasteiger partial charge in [0.15, 0.2) is 0 Å². The fraction of sp³-hybridized carbons (Fsp3) is 0.154. The molecule has 0 saturated carbocycles. The van der Waals surface area contributed by atoms with Gasteiger partial charge in [0.25, 0.3) is 5.91 Å². The van der Waals surface area contributed by atoms with Gasteiger partial charge in [0.2, 0.25) is 0 Å². The van der Waals surface area contributed by atoms with Crippen molar-refractivity contribution in [3.8, 4) is 11.8 Å². The standard InChI is InChI=1S/C26H22ClN5O/c1-17-24(18(2)32(31-17)23-10-9-21(15-28)25(27)14-23)13-19-6-5-7-20(12-19)26(33)30-16-22-8-3-4-11-29-22/h3-12,14H,13,16H2,1-2H3,(H,30,33). The SMILES string of the molecule is Cc1nn(-c2ccc(C#N)c(Cl)c2)c(C)c1Cc1cccc(C(=O)NCc2ccccn2)c1. The molecule has 33 heavy (non-hydrogen) atoms. The molecule has 0 atom stereocenters. The highest BCUT2D eigenvalue weighted by Crippen LogP contribution is 2.24. The molecular formula is C26H22ClN5O. The molecule has 0 spiro atoms. The van der Waals surface area contributed by atoms with Crippen LogP contribution >= 0.6 is 11.6 Å². The van der Waals surface area contributed by atoms with Crippen LogP contribution in [0, 0.1) is 25.2 Å². The van der Waals surface area contributed by atoms with Crippen LogP contribution in [-0.4, -0.2) is 20.7 Å². The van der Waals surface area contributed by atoms with E-state index in [0.29, 0.717) is 29.1 Å². The number of nitriles is 1. The van der Waals surface area contributed by atoms with Crippen LogP contribution in [0.15, 0.2) is 66.9 Å². The molecule has 164 valence electrons. The van der Waals surface area contributed by atoms with Crippen LogP contribution in [0.2, 0.25) is 5.02 Å². The lowest BCUT2D eigenvalue weighted by molar-refractivity contribution is 0.0950. The van der Waals surface area contributed by atoms with Gasteiger partial charge in [-0.1, -0.05) is 29.8 Å². The molecule has 2 aromatic heterocycles. The third-order valence-electron chi connectivity index (χ3n) is 5.49. The van der Waals surface area contributed by atoms with E-state index in [1.165, 1.54) is 0 Å². The lowest BCUT2D eigenvalue weighted by atomic mass is 10.0. The maximum absolute atomic E-state index is 12.6. The largest absolute Gasteiger partial charge is 0.346 e. The number of rotatable bonds is 6. The van der Waals surface area contributed by atoms with Gasteiger partial charge in [-0.2, -0.15) is 10.4 Å². The van der Waals surface area contributed by atoms with Crippen molar-refractivity contribution in [3.63, 3.8) is 0 Å². The van der Waals surface area contributed by atoms with Gasteiger partial charge in [0, 0.05) is 29.4 Å². The number of pyridine rings is 1. The number of hydrogen-bond donors (Lipinski definition) is 1. The molecule has 6 nitrogen and oxygen atoms in total. The van der Waals surface area contributed by atoms with Crippen molar-refractivity contribution in [3.05, 3.63) is 111 Å². The Kier molecular flexibility index (Phi) is 6.53. The molecule has 0 aliphatic rings. The maximum Gasteiger partial charge on any atom is 0.251 e. The van der Waals surface area contributed by atoms with Gasteiger partial charge < -0.3 is 5.32 Å². The molecule has 4 aromatic rings. The fourth-order valence-electron chi connectivity index (χ4n) is 3.71. The highest BCUT2D eigenvalue weighted by molar-refractivity contribution is 6.31. The van der Waals surface area contributed by atoms with Crippen LogP contribution in [0.25, 0.3) is 5.69 Å². The van der Waals surface area contributed by atoms with E-state index in [9.17, 15) is 4.79 Å². The Hall–Kier alpha value is -3.95. The van der Waals surface area contributed by atoms with Gasteiger partial charge >= 0.3 is 0 Å². The first kappa shape index (κ1) is 22.3. The summed E-state index contributed by atoms with van der Waals surface area (Å²) in [6, 6.07) is 20.6. The van der Waals surface area contributed by atoms with E-state index >= 15 is 0 Å². The average Bonchev–Trinajstić information content (AvgIpc) is 3.11. The first-order valence-electron chi connectivity index (χ1n) is 10.5. The average molecular weight is 456 g/mol. The van der Waals surface area contributed by atoms with E-state index in [-0.39, 0.29) is 5.91 Å². The van der Waals surface area contributed by atoms with Crippen LogP contribution in [0.5, 0.6) is 0 Å². The van der Waals surface area contributed by atoms with Crippen LogP contribution in [0.3, 0.4) is 0 Å². The molecule has 2 heterocycles. The number of amides is 1. The second-order valence-corrected chi connectivity index (χ2v) is 8.13. The van der Waals surface area contributed by atoms with Crippen LogP contribution in [-0.2, 0) is 13.0 Å². The molecule has 4 rings (SSSR count). The molecule has 0 unspecified atom stereocenters. The van der Waals surface area contributed by atoms with Gasteiger partial charge in [-0.15, -0.1) is 0 Å². The summed E-state index contributed by atoms with van der Waals surface area (Å²) < 4.78 is 1.83. The minimum absolute atomic E-state index is 0.140. The molecule has 0 bridgehead atoms. The first-order valence-corrected chi connectivity index (χ1v) is 10.9. The molecule has 1 N–H and O–H groups in total. The molecule has 0 fully saturated rings. The van der Waals surface area contributed by atoms with Crippen molar-refractivity contribution in [2.75, 3.05) is 0 Å². The summed E-state index contributed by atoms with van der Waals surface area (Å²) in [7, 11) is 0. The van der Waals surface area contributed by atoms with Gasteiger partial charge in [-0.05, 0) is 61.9 Å². The topological polar surface area (TPSA) is 83.6 Å². The van der Waals surface area contributed by atoms with Gasteiger partial charge in [-0.3, -0.25) is 9.78 Å². The number of nitrogens with zero attached hydrogens (tertiary/aromatic N) is 4. The number of aryl methyl sites for hydroxylation is 1. The highest BCUT2D eigenvalue weighted by Gasteiger charge is 2.15. The van der Waals surface area contributed by atoms with Crippen molar-refractivity contribution in [2.45, 2.75) is 26.8 Å². The predicted octanol–water partition coefficient (Wildman–Crippen LogP) is 4.93. The van der Waals surface area contributed by atoms with E-state index in [1.807, 2.05) is 61.0 Å². The van der Waals surface area contributed by atoms with E-state index in [1.54, 1.807) is 24.4 Å². The summed E-state index contributed by atoms with van der Waals surface area (Å²) in [6.07, 6.45) is 2.35. The second kappa shape index (κ2) is 9.68. The maximum atomic E-state index is 12.6. The highest BCUT2D eigenvalue weighted by atomic mass is 35.5. The number of aromatic nitrogens is 3. The van der Waals surface area contributed by atoms with E-state index in [2.05, 4.69) is 21.5 Å². The first-order chi connectivity index (χ1) is 16.0. The van der Waals surface area contributed by atoms with Crippen molar-refractivity contribution in [2.24, 2.45) is 0 Å². The summed E-state index contributed by atoms with van der Waals surface area (Å²) in [5, 5.41) is 17.1. The zero-order valence-electron chi connectivity index (χ0n) is 18.3. The van der Waals surface area contributed by atoms with Crippen LogP contribution in [0.1, 0.15) is 44.1 Å². The lowest BCUT2D eigenvalue weighted by Crippen LogP contribution is -2.23.